The van der Waals surface area contributed by atoms with E-state index in [9.17, 15) is 9.90 Å². The third-order valence-corrected chi connectivity index (χ3v) is 2.89. The second kappa shape index (κ2) is 7.19. The average molecular weight is 287 g/mol. The van der Waals surface area contributed by atoms with Crippen molar-refractivity contribution in [2.75, 3.05) is 7.11 Å². The zero-order valence-corrected chi connectivity index (χ0v) is 11.7. The van der Waals surface area contributed by atoms with Gasteiger partial charge in [-0.25, -0.2) is 4.79 Å². The maximum Gasteiger partial charge on any atom is 0.407 e. The molecule has 21 heavy (non-hydrogen) atoms. The number of carbonyl (C=O) groups excluding carboxylic acids is 1. The van der Waals surface area contributed by atoms with Crippen molar-refractivity contribution in [1.29, 1.82) is 0 Å². The van der Waals surface area contributed by atoms with E-state index in [1.54, 1.807) is 12.1 Å². The normalized spacial score (nSPS) is 9.95. The van der Waals surface area contributed by atoms with Crippen LogP contribution in [0.4, 0.5) is 4.79 Å². The molecule has 0 aliphatic rings. The Balaban J connectivity index is 1.80. The lowest BCUT2D eigenvalue weighted by Gasteiger charge is -2.09. The van der Waals surface area contributed by atoms with Crippen molar-refractivity contribution < 1.29 is 19.4 Å². The smallest absolute Gasteiger partial charge is 0.407 e. The molecule has 2 N–H and O–H groups in total. The molecule has 0 radical (unpaired) electrons. The lowest BCUT2D eigenvalue weighted by Crippen LogP contribution is -2.23. The minimum atomic E-state index is -0.505. The van der Waals surface area contributed by atoms with Gasteiger partial charge in [0.1, 0.15) is 6.61 Å². The first-order valence-electron chi connectivity index (χ1n) is 6.49. The summed E-state index contributed by atoms with van der Waals surface area (Å²) in [6.45, 7) is 0.492. The molecular weight excluding hydrogens is 270 g/mol. The van der Waals surface area contributed by atoms with Crippen LogP contribution in [0.5, 0.6) is 11.5 Å². The molecular formula is C16H17NO4. The molecule has 5 nitrogen and oxygen atoms in total. The molecule has 0 heterocycles. The molecule has 0 unspecified atom stereocenters. The van der Waals surface area contributed by atoms with E-state index in [1.165, 1.54) is 13.2 Å². The molecule has 0 atom stereocenters. The quantitative estimate of drug-likeness (QED) is 0.887. The summed E-state index contributed by atoms with van der Waals surface area (Å²) < 4.78 is 10.0. The van der Waals surface area contributed by atoms with Gasteiger partial charge in [-0.15, -0.1) is 0 Å². The number of phenolic OH excluding ortho intramolecular Hbond substituents is 1. The summed E-state index contributed by atoms with van der Waals surface area (Å²) in [5.41, 5.74) is 1.68. The van der Waals surface area contributed by atoms with Crippen molar-refractivity contribution >= 4 is 6.09 Å². The third-order valence-electron chi connectivity index (χ3n) is 2.89. The van der Waals surface area contributed by atoms with Crippen molar-refractivity contribution in [3.05, 3.63) is 59.7 Å². The van der Waals surface area contributed by atoms with E-state index in [4.69, 9.17) is 9.47 Å². The Hall–Kier alpha value is -2.69. The number of nitrogens with one attached hydrogen (secondary N) is 1. The van der Waals surface area contributed by atoms with Crippen LogP contribution in [-0.4, -0.2) is 18.3 Å². The molecule has 1 amide bonds. The number of alkyl carbamates (subject to hydrolysis) is 1. The standard InChI is InChI=1S/C16H17NO4/c1-20-15-8-7-13(9-14(15)18)10-17-16(19)21-11-12-5-3-2-4-6-12/h2-9,18H,10-11H2,1H3,(H,17,19). The molecule has 2 aromatic rings. The molecule has 0 saturated heterocycles. The Kier molecular flexibility index (Phi) is 5.04. The van der Waals surface area contributed by atoms with Gasteiger partial charge in [-0.2, -0.15) is 0 Å². The van der Waals surface area contributed by atoms with Crippen LogP contribution in [0.15, 0.2) is 48.5 Å². The van der Waals surface area contributed by atoms with Crippen molar-refractivity contribution in [1.82, 2.24) is 5.32 Å². The highest BCUT2D eigenvalue weighted by Gasteiger charge is 2.05. The van der Waals surface area contributed by atoms with E-state index >= 15 is 0 Å². The Bertz CT molecular complexity index is 598. The number of hydrogen-bond acceptors (Lipinski definition) is 4. The molecule has 0 aromatic heterocycles. The highest BCUT2D eigenvalue weighted by Crippen LogP contribution is 2.26. The van der Waals surface area contributed by atoms with Crippen LogP contribution in [0.3, 0.4) is 0 Å². The van der Waals surface area contributed by atoms with E-state index in [1.807, 2.05) is 30.3 Å². The molecule has 5 heteroatoms. The van der Waals surface area contributed by atoms with Crippen LogP contribution in [-0.2, 0) is 17.9 Å². The molecule has 0 fully saturated rings. The number of aromatic hydroxyl groups is 1. The molecule has 0 aliphatic carbocycles. The third kappa shape index (κ3) is 4.42. The van der Waals surface area contributed by atoms with E-state index in [-0.39, 0.29) is 18.9 Å². The van der Waals surface area contributed by atoms with Gasteiger partial charge in [-0.05, 0) is 23.3 Å². The number of carbonyl (C=O) groups is 1. The summed E-state index contributed by atoms with van der Waals surface area (Å²) in [6.07, 6.45) is -0.505. The summed E-state index contributed by atoms with van der Waals surface area (Å²) in [5, 5.41) is 12.3. The first-order valence-corrected chi connectivity index (χ1v) is 6.49. The Morgan fingerprint density at radius 2 is 1.90 bits per heavy atom. The van der Waals surface area contributed by atoms with Gasteiger partial charge in [0.2, 0.25) is 0 Å². The van der Waals surface area contributed by atoms with Gasteiger partial charge in [0.15, 0.2) is 11.5 Å². The second-order valence-electron chi connectivity index (χ2n) is 4.42. The van der Waals surface area contributed by atoms with E-state index in [2.05, 4.69) is 5.32 Å². The molecule has 110 valence electrons. The number of benzene rings is 2. The van der Waals surface area contributed by atoms with Crippen molar-refractivity contribution in [2.45, 2.75) is 13.2 Å². The summed E-state index contributed by atoms with van der Waals surface area (Å²) in [5.74, 6) is 0.430. The minimum Gasteiger partial charge on any atom is -0.504 e. The van der Waals surface area contributed by atoms with Crippen LogP contribution in [0.1, 0.15) is 11.1 Å². The van der Waals surface area contributed by atoms with Crippen molar-refractivity contribution in [2.24, 2.45) is 0 Å². The number of hydrogen-bond donors (Lipinski definition) is 2. The van der Waals surface area contributed by atoms with Crippen LogP contribution in [0.25, 0.3) is 0 Å². The van der Waals surface area contributed by atoms with Crippen LogP contribution in [0.2, 0.25) is 0 Å². The summed E-state index contributed by atoms with van der Waals surface area (Å²) in [4.78, 5) is 11.6. The average Bonchev–Trinajstić information content (AvgIpc) is 2.52. The topological polar surface area (TPSA) is 67.8 Å². The summed E-state index contributed by atoms with van der Waals surface area (Å²) in [7, 11) is 1.48. The SMILES string of the molecule is COc1ccc(CNC(=O)OCc2ccccc2)cc1O. The highest BCUT2D eigenvalue weighted by atomic mass is 16.5. The Labute approximate surface area is 123 Å². The fourth-order valence-electron chi connectivity index (χ4n) is 1.79. The van der Waals surface area contributed by atoms with Gasteiger partial charge in [0.25, 0.3) is 0 Å². The maximum absolute atomic E-state index is 11.6. The predicted molar refractivity (Wildman–Crippen MR) is 78.1 cm³/mol. The summed E-state index contributed by atoms with van der Waals surface area (Å²) >= 11 is 0. The van der Waals surface area contributed by atoms with Gasteiger partial charge >= 0.3 is 6.09 Å². The number of rotatable bonds is 5. The molecule has 0 saturated carbocycles. The van der Waals surface area contributed by atoms with Gasteiger partial charge < -0.3 is 19.9 Å². The van der Waals surface area contributed by atoms with E-state index < -0.39 is 6.09 Å². The fraction of sp³-hybridized carbons (Fsp3) is 0.188. The molecule has 0 aliphatic heterocycles. The van der Waals surface area contributed by atoms with Crippen LogP contribution in [0, 0.1) is 0 Å². The number of ether oxygens (including phenoxy) is 2. The second-order valence-corrected chi connectivity index (χ2v) is 4.42. The Morgan fingerprint density at radius 1 is 1.14 bits per heavy atom. The maximum atomic E-state index is 11.6. The minimum absolute atomic E-state index is 0.0365. The number of phenols is 1. The first-order chi connectivity index (χ1) is 10.2. The number of amides is 1. The molecule has 2 aromatic carbocycles. The zero-order valence-electron chi connectivity index (χ0n) is 11.7. The van der Waals surface area contributed by atoms with Gasteiger partial charge in [0, 0.05) is 6.54 Å². The lowest BCUT2D eigenvalue weighted by molar-refractivity contribution is 0.139. The van der Waals surface area contributed by atoms with E-state index in [0.29, 0.717) is 5.75 Å². The molecule has 0 bridgehead atoms. The predicted octanol–water partition coefficient (Wildman–Crippen LogP) is 2.83. The van der Waals surface area contributed by atoms with Gasteiger partial charge in [-0.3, -0.25) is 0 Å². The van der Waals surface area contributed by atoms with Gasteiger partial charge in [-0.1, -0.05) is 36.4 Å². The lowest BCUT2D eigenvalue weighted by atomic mass is 10.2. The van der Waals surface area contributed by atoms with E-state index in [0.717, 1.165) is 11.1 Å². The van der Waals surface area contributed by atoms with Crippen molar-refractivity contribution in [3.8, 4) is 11.5 Å². The summed E-state index contributed by atoms with van der Waals surface area (Å²) in [6, 6.07) is 14.4. The molecule has 2 rings (SSSR count). The largest absolute Gasteiger partial charge is 0.504 e. The van der Waals surface area contributed by atoms with Crippen molar-refractivity contribution in [3.63, 3.8) is 0 Å². The van der Waals surface area contributed by atoms with Gasteiger partial charge in [0.05, 0.1) is 7.11 Å². The highest BCUT2D eigenvalue weighted by molar-refractivity contribution is 5.67. The van der Waals surface area contributed by atoms with Crippen LogP contribution >= 0.6 is 0 Å². The first kappa shape index (κ1) is 14.7. The molecule has 0 spiro atoms. The number of methoxy groups -OCH3 is 1. The zero-order chi connectivity index (χ0) is 15.1. The monoisotopic (exact) mass is 287 g/mol. The Morgan fingerprint density at radius 3 is 2.57 bits per heavy atom. The van der Waals surface area contributed by atoms with Crippen LogP contribution < -0.4 is 10.1 Å². The fourth-order valence-corrected chi connectivity index (χ4v) is 1.79.